The predicted octanol–water partition coefficient (Wildman–Crippen LogP) is 8.80. The van der Waals surface area contributed by atoms with E-state index >= 15 is 0 Å². The van der Waals surface area contributed by atoms with Gasteiger partial charge in [-0.1, -0.05) is 18.2 Å². The van der Waals surface area contributed by atoms with E-state index in [4.69, 9.17) is 40.7 Å². The van der Waals surface area contributed by atoms with Gasteiger partial charge in [0, 0.05) is 0 Å². The Labute approximate surface area is 243 Å². The monoisotopic (exact) mass is 633 g/mol. The molecule has 1 heterocycles. The van der Waals surface area contributed by atoms with Crippen LogP contribution in [0.2, 0.25) is 0 Å². The van der Waals surface area contributed by atoms with Gasteiger partial charge >= 0.3 is 23.0 Å². The fourth-order valence-electron chi connectivity index (χ4n) is 3.21. The Morgan fingerprint density at radius 2 is 0.714 bits per heavy atom. The molecular formula is C27H30N3O9P3. The van der Waals surface area contributed by atoms with Crippen molar-refractivity contribution in [2.75, 3.05) is 19.8 Å². The lowest BCUT2D eigenvalue weighted by atomic mass is 10.3. The first-order valence-electron chi connectivity index (χ1n) is 12.4. The van der Waals surface area contributed by atoms with E-state index in [2.05, 4.69) is 19.7 Å². The highest BCUT2D eigenvalue weighted by atomic mass is 31.3. The number of phenolic OH excluding ortho intramolecular Hbond substituents is 3. The van der Waals surface area contributed by atoms with Crippen LogP contribution in [0.1, 0.15) is 0 Å². The van der Waals surface area contributed by atoms with Crippen molar-refractivity contribution in [3.63, 3.8) is 0 Å². The SMILES string of the molecule is C=CCOP1(Oc2ccc(O)cc2)=NP(OCC=C)(Oc2ccc(O)cc2)=NP(OCC=C)(Oc2ccc(O)cc2)=N1. The Balaban J connectivity index is 2.02. The maximum absolute atomic E-state index is 9.82. The summed E-state index contributed by atoms with van der Waals surface area (Å²) in [5.41, 5.74) is 0. The third-order valence-electron chi connectivity index (χ3n) is 4.94. The van der Waals surface area contributed by atoms with Crippen LogP contribution in [-0.2, 0) is 13.6 Å². The molecule has 0 aliphatic carbocycles. The Kier molecular flexibility index (Phi) is 10.4. The zero-order valence-corrected chi connectivity index (χ0v) is 25.1. The van der Waals surface area contributed by atoms with Crippen LogP contribution in [0.3, 0.4) is 0 Å². The second-order valence-electron chi connectivity index (χ2n) is 8.25. The molecule has 0 spiro atoms. The molecule has 4 rings (SSSR count). The highest BCUT2D eigenvalue weighted by Crippen LogP contribution is 2.79. The summed E-state index contributed by atoms with van der Waals surface area (Å²) >= 11 is 0. The van der Waals surface area contributed by atoms with Gasteiger partial charge < -0.3 is 28.9 Å². The summed E-state index contributed by atoms with van der Waals surface area (Å²) < 4.78 is 51.8. The fourth-order valence-corrected chi connectivity index (χ4v) is 12.4. The maximum atomic E-state index is 9.82. The minimum Gasteiger partial charge on any atom is -0.508 e. The van der Waals surface area contributed by atoms with Crippen molar-refractivity contribution in [2.24, 2.45) is 13.5 Å². The molecule has 0 amide bonds. The molecule has 1 aliphatic heterocycles. The number of rotatable bonds is 15. The Bertz CT molecular complexity index is 1370. The van der Waals surface area contributed by atoms with Crippen molar-refractivity contribution in [2.45, 2.75) is 0 Å². The van der Waals surface area contributed by atoms with Crippen LogP contribution < -0.4 is 13.6 Å². The summed E-state index contributed by atoms with van der Waals surface area (Å²) in [5.74, 6) is 0.848. The van der Waals surface area contributed by atoms with Crippen molar-refractivity contribution in [1.82, 2.24) is 0 Å². The zero-order valence-electron chi connectivity index (χ0n) is 22.4. The van der Waals surface area contributed by atoms with E-state index < -0.39 is 23.0 Å². The lowest BCUT2D eigenvalue weighted by Gasteiger charge is -2.32. The van der Waals surface area contributed by atoms with Crippen LogP contribution in [0, 0.1) is 0 Å². The smallest absolute Gasteiger partial charge is 0.404 e. The Morgan fingerprint density at radius 3 is 0.929 bits per heavy atom. The van der Waals surface area contributed by atoms with Gasteiger partial charge in [0.05, 0.1) is 19.8 Å². The van der Waals surface area contributed by atoms with Gasteiger partial charge in [0.15, 0.2) is 0 Å². The van der Waals surface area contributed by atoms with E-state index in [1.807, 2.05) is 0 Å². The Morgan fingerprint density at radius 1 is 0.476 bits per heavy atom. The minimum atomic E-state index is -3.83. The summed E-state index contributed by atoms with van der Waals surface area (Å²) in [7, 11) is -11.5. The third kappa shape index (κ3) is 8.17. The molecular weight excluding hydrogens is 603 g/mol. The fraction of sp³-hybridized carbons (Fsp3) is 0.111. The van der Waals surface area contributed by atoms with Crippen LogP contribution in [0.25, 0.3) is 0 Å². The van der Waals surface area contributed by atoms with Crippen molar-refractivity contribution >= 4 is 23.0 Å². The number of aromatic hydroxyl groups is 3. The van der Waals surface area contributed by atoms with E-state index in [1.165, 1.54) is 91.0 Å². The minimum absolute atomic E-state index is 0.0212. The van der Waals surface area contributed by atoms with Gasteiger partial charge in [-0.15, -0.1) is 33.3 Å². The summed E-state index contributed by atoms with van der Waals surface area (Å²) in [5, 5.41) is 29.5. The van der Waals surface area contributed by atoms with Crippen LogP contribution >= 0.6 is 23.0 Å². The molecule has 0 saturated heterocycles. The first kappa shape index (κ1) is 31.2. The van der Waals surface area contributed by atoms with Gasteiger partial charge in [-0.05, 0) is 72.8 Å². The highest BCUT2D eigenvalue weighted by Gasteiger charge is 2.45. The maximum Gasteiger partial charge on any atom is 0.404 e. The first-order chi connectivity index (χ1) is 20.2. The topological polar surface area (TPSA) is 153 Å². The van der Waals surface area contributed by atoms with Gasteiger partial charge in [0.25, 0.3) is 0 Å². The average molecular weight is 633 g/mol. The van der Waals surface area contributed by atoms with E-state index in [1.54, 1.807) is 0 Å². The second kappa shape index (κ2) is 13.9. The van der Waals surface area contributed by atoms with Crippen molar-refractivity contribution < 1.29 is 42.5 Å². The number of hydrogen-bond donors (Lipinski definition) is 3. The van der Waals surface area contributed by atoms with Gasteiger partial charge in [-0.3, -0.25) is 13.6 Å². The molecule has 42 heavy (non-hydrogen) atoms. The Hall–Kier alpha value is -3.75. The first-order valence-corrected chi connectivity index (χ1v) is 16.9. The largest absolute Gasteiger partial charge is 0.508 e. The third-order valence-corrected chi connectivity index (χ3v) is 13.2. The van der Waals surface area contributed by atoms with E-state index in [-0.39, 0.29) is 54.3 Å². The van der Waals surface area contributed by atoms with Crippen molar-refractivity contribution in [3.05, 3.63) is 111 Å². The van der Waals surface area contributed by atoms with E-state index in [0.29, 0.717) is 0 Å². The highest BCUT2D eigenvalue weighted by molar-refractivity contribution is 7.78. The standard InChI is InChI=1S/C27H30N3O9P3/c1-4-19-34-40(37-25-13-7-22(31)8-14-25)28-41(35-20-5-2,38-26-15-9-23(32)10-16-26)30-42(29-40,36-21-6-3)39-27-17-11-24(33)12-18-27/h4-18,31-33H,1-3,19-21H2. The quantitative estimate of drug-likeness (QED) is 0.110. The summed E-state index contributed by atoms with van der Waals surface area (Å²) in [6.07, 6.45) is 4.49. The molecule has 3 aromatic carbocycles. The zero-order chi connectivity index (χ0) is 30.1. The van der Waals surface area contributed by atoms with Gasteiger partial charge in [0.2, 0.25) is 0 Å². The number of hydrogen-bond acceptors (Lipinski definition) is 12. The lowest BCUT2D eigenvalue weighted by Crippen LogP contribution is -2.08. The molecule has 0 atom stereocenters. The summed E-state index contributed by atoms with van der Waals surface area (Å²) in [4.78, 5) is 0. The molecule has 1 aliphatic rings. The molecule has 0 unspecified atom stereocenters. The molecule has 12 nitrogen and oxygen atoms in total. The molecule has 0 fully saturated rings. The van der Waals surface area contributed by atoms with Gasteiger partial charge in [-0.25, -0.2) is 0 Å². The van der Waals surface area contributed by atoms with Crippen molar-refractivity contribution in [3.8, 4) is 34.5 Å². The molecule has 3 N–H and O–H groups in total. The number of nitrogens with zero attached hydrogens (tertiary/aromatic N) is 3. The van der Waals surface area contributed by atoms with Crippen LogP contribution in [0.5, 0.6) is 34.5 Å². The number of phenols is 3. The van der Waals surface area contributed by atoms with Crippen LogP contribution in [-0.4, -0.2) is 35.1 Å². The molecule has 0 bridgehead atoms. The normalized spacial score (nSPS) is 22.9. The van der Waals surface area contributed by atoms with Crippen LogP contribution in [0.4, 0.5) is 0 Å². The molecule has 0 radical (unpaired) electrons. The van der Waals surface area contributed by atoms with E-state index in [0.717, 1.165) is 0 Å². The average Bonchev–Trinajstić information content (AvgIpc) is 2.98. The van der Waals surface area contributed by atoms with Gasteiger partial charge in [0.1, 0.15) is 34.5 Å². The molecule has 0 saturated carbocycles. The molecule has 222 valence electrons. The van der Waals surface area contributed by atoms with Crippen molar-refractivity contribution in [1.29, 1.82) is 0 Å². The summed E-state index contributed by atoms with van der Waals surface area (Å²) in [6, 6.07) is 17.7. The van der Waals surface area contributed by atoms with E-state index in [9.17, 15) is 15.3 Å². The predicted molar refractivity (Wildman–Crippen MR) is 163 cm³/mol. The summed E-state index contributed by atoms with van der Waals surface area (Å²) in [6.45, 7) is 11.1. The molecule has 3 aromatic rings. The lowest BCUT2D eigenvalue weighted by molar-refractivity contribution is 0.317. The molecule has 0 aromatic heterocycles. The molecule has 15 heteroatoms. The van der Waals surface area contributed by atoms with Crippen LogP contribution in [0.15, 0.2) is 124 Å². The van der Waals surface area contributed by atoms with Gasteiger partial charge in [-0.2, -0.15) is 0 Å². The second-order valence-corrected chi connectivity index (χ2v) is 14.7. The number of benzene rings is 3.